The third-order valence-electron chi connectivity index (χ3n) is 1.91. The molecule has 1 aromatic heterocycles. The van der Waals surface area contributed by atoms with Gasteiger partial charge in [0, 0.05) is 17.8 Å². The second kappa shape index (κ2) is 9.65. The summed E-state index contributed by atoms with van der Waals surface area (Å²) in [6.45, 7) is 5.34. The molecule has 7 heteroatoms. The number of nitrogens with zero attached hydrogens (tertiary/aromatic N) is 1. The normalized spacial score (nSPS) is 9.41. The number of hydrogen-bond donors (Lipinski definition) is 2. The number of hydrogen-bond acceptors (Lipinski definition) is 4. The second-order valence-electron chi connectivity index (χ2n) is 3.62. The van der Waals surface area contributed by atoms with Crippen molar-refractivity contribution in [3.63, 3.8) is 0 Å². The molecule has 4 nitrogen and oxygen atoms in total. The molecule has 0 atom stereocenters. The fourth-order valence-corrected chi connectivity index (χ4v) is 1.87. The van der Waals surface area contributed by atoms with Crippen molar-refractivity contribution in [1.82, 2.24) is 10.3 Å². The van der Waals surface area contributed by atoms with Crippen LogP contribution in [0.3, 0.4) is 0 Å². The lowest BCUT2D eigenvalue weighted by Crippen LogP contribution is -2.26. The van der Waals surface area contributed by atoms with E-state index in [0.717, 1.165) is 11.4 Å². The Bertz CT molecular complexity index is 331. The van der Waals surface area contributed by atoms with Crippen LogP contribution < -0.4 is 11.1 Å². The molecule has 3 N–H and O–H groups in total. The Balaban J connectivity index is 0. The van der Waals surface area contributed by atoms with Crippen LogP contribution in [0, 0.1) is 0 Å². The van der Waals surface area contributed by atoms with E-state index in [1.165, 1.54) is 11.3 Å². The summed E-state index contributed by atoms with van der Waals surface area (Å²) in [6, 6.07) is 0. The zero-order valence-electron chi connectivity index (χ0n) is 9.93. The van der Waals surface area contributed by atoms with Crippen molar-refractivity contribution in [1.29, 1.82) is 0 Å². The fraction of sp³-hybridized carbons (Fsp3) is 0.600. The molecule has 1 amide bonds. The van der Waals surface area contributed by atoms with E-state index < -0.39 is 0 Å². The molecule has 0 aromatic carbocycles. The SMILES string of the molecule is CC(C)c1nc(C(=O)NCCCN)cs1.Cl.Cl. The molecule has 0 saturated carbocycles. The number of rotatable bonds is 5. The van der Waals surface area contributed by atoms with Crippen LogP contribution in [0.5, 0.6) is 0 Å². The summed E-state index contributed by atoms with van der Waals surface area (Å²) in [7, 11) is 0. The Hall–Kier alpha value is -0.360. The lowest BCUT2D eigenvalue weighted by atomic mass is 10.2. The number of carbonyl (C=O) groups excluding carboxylic acids is 1. The zero-order valence-corrected chi connectivity index (χ0v) is 12.4. The van der Waals surface area contributed by atoms with Gasteiger partial charge in [-0.05, 0) is 13.0 Å². The Morgan fingerprint density at radius 2 is 2.18 bits per heavy atom. The van der Waals surface area contributed by atoms with Crippen molar-refractivity contribution < 1.29 is 4.79 Å². The average Bonchev–Trinajstić information content (AvgIpc) is 2.66. The Morgan fingerprint density at radius 1 is 1.53 bits per heavy atom. The van der Waals surface area contributed by atoms with Gasteiger partial charge in [0.25, 0.3) is 5.91 Å². The highest BCUT2D eigenvalue weighted by Crippen LogP contribution is 2.18. The maximum absolute atomic E-state index is 11.5. The second-order valence-corrected chi connectivity index (χ2v) is 4.51. The van der Waals surface area contributed by atoms with Gasteiger partial charge < -0.3 is 11.1 Å². The van der Waals surface area contributed by atoms with Crippen molar-refractivity contribution >= 4 is 42.1 Å². The molecule has 0 unspecified atom stereocenters. The maximum atomic E-state index is 11.5. The van der Waals surface area contributed by atoms with E-state index in [1.807, 2.05) is 0 Å². The lowest BCUT2D eigenvalue weighted by molar-refractivity contribution is 0.0949. The van der Waals surface area contributed by atoms with E-state index in [-0.39, 0.29) is 30.7 Å². The number of thiazole rings is 1. The van der Waals surface area contributed by atoms with E-state index >= 15 is 0 Å². The van der Waals surface area contributed by atoms with Crippen LogP contribution in [0.25, 0.3) is 0 Å². The van der Waals surface area contributed by atoms with Crippen LogP contribution in [-0.4, -0.2) is 24.0 Å². The van der Waals surface area contributed by atoms with Crippen LogP contribution in [0.2, 0.25) is 0 Å². The first-order valence-electron chi connectivity index (χ1n) is 5.09. The summed E-state index contributed by atoms with van der Waals surface area (Å²) >= 11 is 1.53. The minimum absolute atomic E-state index is 0. The summed E-state index contributed by atoms with van der Waals surface area (Å²) in [5.41, 5.74) is 5.85. The molecular formula is C10H19Cl2N3OS. The molecule has 1 heterocycles. The minimum Gasteiger partial charge on any atom is -0.351 e. The number of carbonyl (C=O) groups is 1. The molecule has 0 fully saturated rings. The fourth-order valence-electron chi connectivity index (χ4n) is 1.05. The summed E-state index contributed by atoms with van der Waals surface area (Å²) in [4.78, 5) is 15.8. The number of halogens is 2. The molecule has 0 aliphatic rings. The molecule has 0 bridgehead atoms. The Morgan fingerprint density at radius 3 is 2.65 bits per heavy atom. The highest BCUT2D eigenvalue weighted by atomic mass is 35.5. The van der Waals surface area contributed by atoms with E-state index in [9.17, 15) is 4.79 Å². The van der Waals surface area contributed by atoms with E-state index in [1.54, 1.807) is 5.38 Å². The van der Waals surface area contributed by atoms with Gasteiger partial charge in [-0.3, -0.25) is 4.79 Å². The van der Waals surface area contributed by atoms with Gasteiger partial charge in [0.15, 0.2) is 0 Å². The van der Waals surface area contributed by atoms with Gasteiger partial charge in [0.1, 0.15) is 5.69 Å². The quantitative estimate of drug-likeness (QED) is 0.819. The average molecular weight is 300 g/mol. The van der Waals surface area contributed by atoms with Crippen molar-refractivity contribution in [2.45, 2.75) is 26.2 Å². The summed E-state index contributed by atoms with van der Waals surface area (Å²) in [6.07, 6.45) is 0.799. The van der Waals surface area contributed by atoms with Crippen molar-refractivity contribution in [3.8, 4) is 0 Å². The van der Waals surface area contributed by atoms with Gasteiger partial charge in [-0.15, -0.1) is 36.2 Å². The molecule has 0 aliphatic carbocycles. The summed E-state index contributed by atoms with van der Waals surface area (Å²) < 4.78 is 0. The molecule has 17 heavy (non-hydrogen) atoms. The van der Waals surface area contributed by atoms with Gasteiger partial charge in [0.05, 0.1) is 5.01 Å². The minimum atomic E-state index is -0.105. The topological polar surface area (TPSA) is 68.0 Å². The van der Waals surface area contributed by atoms with Gasteiger partial charge in [-0.2, -0.15) is 0 Å². The van der Waals surface area contributed by atoms with Gasteiger partial charge in [0.2, 0.25) is 0 Å². The largest absolute Gasteiger partial charge is 0.351 e. The highest BCUT2D eigenvalue weighted by molar-refractivity contribution is 7.09. The number of aromatic nitrogens is 1. The highest BCUT2D eigenvalue weighted by Gasteiger charge is 2.11. The van der Waals surface area contributed by atoms with E-state index in [4.69, 9.17) is 5.73 Å². The van der Waals surface area contributed by atoms with Gasteiger partial charge in [-0.1, -0.05) is 13.8 Å². The molecule has 0 spiro atoms. The molecule has 1 aromatic rings. The third-order valence-corrected chi connectivity index (χ3v) is 3.06. The molecule has 0 aliphatic heterocycles. The molecule has 0 radical (unpaired) electrons. The monoisotopic (exact) mass is 299 g/mol. The zero-order chi connectivity index (χ0) is 11.3. The molecule has 1 rings (SSSR count). The van der Waals surface area contributed by atoms with Crippen LogP contribution in [0.15, 0.2) is 5.38 Å². The maximum Gasteiger partial charge on any atom is 0.270 e. The van der Waals surface area contributed by atoms with Crippen molar-refractivity contribution in [2.24, 2.45) is 5.73 Å². The number of nitrogens with two attached hydrogens (primary N) is 1. The van der Waals surface area contributed by atoms with E-state index in [2.05, 4.69) is 24.1 Å². The standard InChI is InChI=1S/C10H17N3OS.2ClH/c1-7(2)10-13-8(6-15-10)9(14)12-5-3-4-11;;/h6-7H,3-5,11H2,1-2H3,(H,12,14);2*1H. The predicted octanol–water partition coefficient (Wildman–Crippen LogP) is 2.19. The Kier molecular flexibility index (Phi) is 10.8. The smallest absolute Gasteiger partial charge is 0.270 e. The molecule has 100 valence electrons. The van der Waals surface area contributed by atoms with Gasteiger partial charge in [-0.25, -0.2) is 4.98 Å². The summed E-state index contributed by atoms with van der Waals surface area (Å²) in [5.74, 6) is 0.271. The lowest BCUT2D eigenvalue weighted by Gasteiger charge is -2.01. The first-order chi connectivity index (χ1) is 7.15. The van der Waals surface area contributed by atoms with Crippen LogP contribution >= 0.6 is 36.2 Å². The van der Waals surface area contributed by atoms with Crippen molar-refractivity contribution in [2.75, 3.05) is 13.1 Å². The number of amides is 1. The third kappa shape index (κ3) is 6.21. The Labute approximate surface area is 118 Å². The van der Waals surface area contributed by atoms with Gasteiger partial charge >= 0.3 is 0 Å². The molecule has 0 saturated heterocycles. The van der Waals surface area contributed by atoms with E-state index in [0.29, 0.717) is 24.7 Å². The first kappa shape index (κ1) is 19.0. The van der Waals surface area contributed by atoms with Crippen LogP contribution in [0.4, 0.5) is 0 Å². The number of nitrogens with one attached hydrogen (secondary N) is 1. The van der Waals surface area contributed by atoms with Crippen molar-refractivity contribution in [3.05, 3.63) is 16.1 Å². The predicted molar refractivity (Wildman–Crippen MR) is 76.7 cm³/mol. The van der Waals surface area contributed by atoms with Crippen LogP contribution in [-0.2, 0) is 0 Å². The summed E-state index contributed by atoms with van der Waals surface area (Å²) in [5, 5.41) is 5.58. The first-order valence-corrected chi connectivity index (χ1v) is 5.96. The van der Waals surface area contributed by atoms with Crippen LogP contribution in [0.1, 0.15) is 41.7 Å². The molecular weight excluding hydrogens is 281 g/mol.